The minimum Gasteiger partial charge on any atom is -0.465 e. The van der Waals surface area contributed by atoms with E-state index < -0.39 is 35.0 Å². The summed E-state index contributed by atoms with van der Waals surface area (Å²) in [5.41, 5.74) is 9.31. The zero-order chi connectivity index (χ0) is 57.8. The van der Waals surface area contributed by atoms with Gasteiger partial charge in [-0.1, -0.05) is 104 Å². The molecule has 19 heteroatoms. The van der Waals surface area contributed by atoms with E-state index in [9.17, 15) is 24.0 Å². The zero-order valence-electron chi connectivity index (χ0n) is 45.7. The zero-order valence-corrected chi connectivity index (χ0v) is 50.3. The highest BCUT2D eigenvalue weighted by atomic mass is 35.5. The molecule has 0 radical (unpaired) electrons. The van der Waals surface area contributed by atoms with Crippen LogP contribution in [-0.2, 0) is 47.8 Å². The lowest BCUT2D eigenvalue weighted by Crippen LogP contribution is -2.33. The summed E-state index contributed by atoms with van der Waals surface area (Å²) in [6, 6.07) is 24.4. The van der Waals surface area contributed by atoms with Crippen LogP contribution in [0.15, 0.2) is 84.9 Å². The number of Topliss-reactive ketones (excluding diaryl/α,β-unsaturated/α-hetero) is 1. The number of hydrogen-bond donors (Lipinski definition) is 2. The first-order chi connectivity index (χ1) is 36.1. The van der Waals surface area contributed by atoms with Gasteiger partial charge < -0.3 is 30.0 Å². The molecule has 0 aliphatic rings. The number of methoxy groups -OCH3 is 2. The third kappa shape index (κ3) is 23.0. The summed E-state index contributed by atoms with van der Waals surface area (Å²) in [5, 5.41) is 16.2. The molecule has 0 saturated carbocycles. The number of nitriles is 1. The number of nitrogens with one attached hydrogen (secondary N) is 1. The average molecular weight is 1170 g/mol. The second-order valence-corrected chi connectivity index (χ2v) is 24.4. The van der Waals surface area contributed by atoms with E-state index in [1.165, 1.54) is 14.2 Å². The standard InChI is InChI=1S/C29H34Cl2N2O4S.C16H23NO4.C13H13Cl2NOS/c1-17(2)12-24-25(19-10-11-22(30)23(31)15-19)33-28(38-24)32-16-21(27(35)37-29(3,4)5)14-18-8-7-9-20(13-18)26(34)36-6;1-16(2,3)21-15(19)13(10-17)9-11-6-5-7-12(8-11)14(18)20-4;1-8(2)5-12(18-7-16)13(17)9-3-4-10(14)11(15)6-9/h7-11,13,15,17,21H,12,14,16H2,1-6H3,(H,32,33);5-8,13H,9-10,17H2,1-4H3;3-4,6,8,12H,5H2,1-2H3. The number of nitrogens with two attached hydrogens (primary N) is 1. The predicted octanol–water partition coefficient (Wildman–Crippen LogP) is 14.5. The van der Waals surface area contributed by atoms with Crippen LogP contribution in [0.2, 0.25) is 20.1 Å². The molecular weight excluding hydrogens is 1100 g/mol. The Hall–Kier alpha value is -5.18. The number of hydrogen-bond acceptors (Lipinski definition) is 15. The fraction of sp³-hybridized carbons (Fsp3) is 0.431. The van der Waals surface area contributed by atoms with Crippen molar-refractivity contribution in [1.82, 2.24) is 4.98 Å². The summed E-state index contributed by atoms with van der Waals surface area (Å²) in [4.78, 5) is 67.0. The Kier molecular flexibility index (Phi) is 27.0. The van der Waals surface area contributed by atoms with Gasteiger partial charge in [0.1, 0.15) is 16.6 Å². The van der Waals surface area contributed by atoms with E-state index in [-0.39, 0.29) is 29.5 Å². The average Bonchev–Trinajstić information content (AvgIpc) is 3.76. The highest BCUT2D eigenvalue weighted by Gasteiger charge is 2.28. The van der Waals surface area contributed by atoms with Crippen molar-refractivity contribution in [3.63, 3.8) is 0 Å². The van der Waals surface area contributed by atoms with E-state index in [1.807, 2.05) is 85.1 Å². The van der Waals surface area contributed by atoms with Crippen LogP contribution in [0.1, 0.15) is 123 Å². The first-order valence-electron chi connectivity index (χ1n) is 24.8. The predicted molar refractivity (Wildman–Crippen MR) is 313 cm³/mol. The van der Waals surface area contributed by atoms with E-state index in [0.717, 1.165) is 45.4 Å². The van der Waals surface area contributed by atoms with Gasteiger partial charge in [0.15, 0.2) is 10.9 Å². The molecule has 1 heterocycles. The van der Waals surface area contributed by atoms with Gasteiger partial charge >= 0.3 is 23.9 Å². The summed E-state index contributed by atoms with van der Waals surface area (Å²) in [6.07, 6.45) is 2.33. The number of carbonyl (C=O) groups excluding carboxylic acids is 5. The number of thiocyanates is 1. The summed E-state index contributed by atoms with van der Waals surface area (Å²) < 4.78 is 20.6. The monoisotopic (exact) mass is 1170 g/mol. The van der Waals surface area contributed by atoms with Crippen molar-refractivity contribution in [2.75, 3.05) is 32.6 Å². The van der Waals surface area contributed by atoms with Crippen molar-refractivity contribution in [2.45, 2.75) is 111 Å². The summed E-state index contributed by atoms with van der Waals surface area (Å²) >= 11 is 26.7. The lowest BCUT2D eigenvalue weighted by molar-refractivity contribution is -0.160. The van der Waals surface area contributed by atoms with E-state index in [0.29, 0.717) is 79.6 Å². The number of rotatable bonds is 20. The molecule has 416 valence electrons. The maximum atomic E-state index is 13.2. The Bertz CT molecular complexity index is 2840. The number of halogens is 4. The van der Waals surface area contributed by atoms with Crippen molar-refractivity contribution in [3.8, 4) is 16.7 Å². The van der Waals surface area contributed by atoms with Crippen LogP contribution in [0.3, 0.4) is 0 Å². The first-order valence-corrected chi connectivity index (χ1v) is 28.0. The molecule has 5 rings (SSSR count). The molecule has 0 aliphatic heterocycles. The van der Waals surface area contributed by atoms with Crippen LogP contribution in [-0.4, -0.2) is 78.4 Å². The van der Waals surface area contributed by atoms with Gasteiger partial charge in [-0.15, -0.1) is 11.3 Å². The number of thioether (sulfide) groups is 1. The van der Waals surface area contributed by atoms with Gasteiger partial charge in [-0.25, -0.2) is 14.6 Å². The molecule has 5 aromatic rings. The molecule has 3 atom stereocenters. The van der Waals surface area contributed by atoms with Gasteiger partial charge in [0.05, 0.1) is 68.2 Å². The number of ketones is 1. The fourth-order valence-electron chi connectivity index (χ4n) is 7.28. The molecule has 0 spiro atoms. The Morgan fingerprint density at radius 2 is 1.18 bits per heavy atom. The number of ether oxygens (including phenoxy) is 4. The fourth-order valence-corrected chi connectivity index (χ4v) is 9.93. The molecule has 3 N–H and O–H groups in total. The molecule has 77 heavy (non-hydrogen) atoms. The SMILES string of the molecule is CC(C)CC(SC#N)C(=O)c1ccc(Cl)c(Cl)c1.COC(=O)c1cccc(CC(CN)C(=O)OC(C)(C)C)c1.COC(=O)c1cccc(CC(CNc2nc(-c3ccc(Cl)c(Cl)c3)c(CC(C)C)s2)C(=O)OC(C)(C)C)c1. The van der Waals surface area contributed by atoms with Crippen molar-refractivity contribution < 1.29 is 42.9 Å². The highest BCUT2D eigenvalue weighted by molar-refractivity contribution is 8.05. The molecule has 4 aromatic carbocycles. The Morgan fingerprint density at radius 3 is 1.64 bits per heavy atom. The molecule has 1 aromatic heterocycles. The summed E-state index contributed by atoms with van der Waals surface area (Å²) in [7, 11) is 2.68. The number of carbonyl (C=O) groups is 5. The van der Waals surface area contributed by atoms with Gasteiger partial charge in [0.25, 0.3) is 0 Å². The highest BCUT2D eigenvalue weighted by Crippen LogP contribution is 2.36. The maximum Gasteiger partial charge on any atom is 0.337 e. The van der Waals surface area contributed by atoms with Crippen LogP contribution in [0.25, 0.3) is 11.3 Å². The van der Waals surface area contributed by atoms with Gasteiger partial charge in [-0.3, -0.25) is 14.4 Å². The lowest BCUT2D eigenvalue weighted by atomic mass is 9.97. The smallest absolute Gasteiger partial charge is 0.337 e. The topological polar surface area (TPSA) is 197 Å². The second-order valence-electron chi connectivity index (χ2n) is 20.7. The van der Waals surface area contributed by atoms with Crippen LogP contribution < -0.4 is 11.1 Å². The molecule has 0 bridgehead atoms. The molecular formula is C58H70Cl4N4O9S2. The summed E-state index contributed by atoms with van der Waals surface area (Å²) in [6.45, 7) is 19.8. The molecule has 0 amide bonds. The number of aromatic nitrogens is 1. The maximum absolute atomic E-state index is 13.2. The minimum atomic E-state index is -0.629. The Balaban J connectivity index is 0.000000337. The Morgan fingerprint density at radius 1 is 0.675 bits per heavy atom. The molecule has 0 fully saturated rings. The van der Waals surface area contributed by atoms with Gasteiger partial charge in [-0.05, 0) is 157 Å². The quantitative estimate of drug-likeness (QED) is 0.0323. The van der Waals surface area contributed by atoms with E-state index in [4.69, 9.17) is 76.6 Å². The van der Waals surface area contributed by atoms with Gasteiger partial charge in [0.2, 0.25) is 0 Å². The third-order valence-corrected chi connectivity index (χ3v) is 14.1. The van der Waals surface area contributed by atoms with Crippen molar-refractivity contribution in [3.05, 3.63) is 138 Å². The number of esters is 4. The van der Waals surface area contributed by atoms with Crippen LogP contribution in [0.4, 0.5) is 5.13 Å². The van der Waals surface area contributed by atoms with Gasteiger partial charge in [0, 0.05) is 29.1 Å². The summed E-state index contributed by atoms with van der Waals surface area (Å²) in [5.74, 6) is -1.71. The number of anilines is 1. The largest absolute Gasteiger partial charge is 0.465 e. The molecule has 0 saturated heterocycles. The van der Waals surface area contributed by atoms with Crippen molar-refractivity contribution >= 4 is 104 Å². The third-order valence-electron chi connectivity index (χ3n) is 10.8. The van der Waals surface area contributed by atoms with Crippen LogP contribution in [0, 0.1) is 34.3 Å². The molecule has 13 nitrogen and oxygen atoms in total. The minimum absolute atomic E-state index is 0.0752. The number of benzene rings is 4. The van der Waals surface area contributed by atoms with Crippen LogP contribution in [0.5, 0.6) is 0 Å². The lowest BCUT2D eigenvalue weighted by Gasteiger charge is -2.24. The van der Waals surface area contributed by atoms with E-state index in [1.54, 1.807) is 72.0 Å². The normalized spacial score (nSPS) is 12.4. The van der Waals surface area contributed by atoms with E-state index >= 15 is 0 Å². The Labute approximate surface area is 482 Å². The molecule has 3 unspecified atom stereocenters. The van der Waals surface area contributed by atoms with Crippen LogP contribution >= 0.6 is 69.5 Å². The van der Waals surface area contributed by atoms with E-state index in [2.05, 4.69) is 23.9 Å². The number of nitrogens with zero attached hydrogens (tertiary/aromatic N) is 2. The molecule has 0 aliphatic carbocycles. The first kappa shape index (κ1) is 66.1. The van der Waals surface area contributed by atoms with Crippen molar-refractivity contribution in [2.24, 2.45) is 29.4 Å². The number of thiazole rings is 1. The van der Waals surface area contributed by atoms with Gasteiger partial charge in [-0.2, -0.15) is 5.26 Å². The van der Waals surface area contributed by atoms with Crippen molar-refractivity contribution in [1.29, 1.82) is 5.26 Å². The second kappa shape index (κ2) is 31.4.